The van der Waals surface area contributed by atoms with Gasteiger partial charge in [-0.25, -0.2) is 0 Å². The first-order chi connectivity index (χ1) is 12.0. The predicted molar refractivity (Wildman–Crippen MR) is 92.6 cm³/mol. The van der Waals surface area contributed by atoms with Crippen LogP contribution in [-0.4, -0.2) is 70.4 Å². The molecule has 1 aliphatic rings. The van der Waals surface area contributed by atoms with Crippen LogP contribution in [0.1, 0.15) is 34.1 Å². The number of nitrogens with two attached hydrogens (primary N) is 2. The van der Waals surface area contributed by atoms with Crippen LogP contribution in [0.15, 0.2) is 0 Å². The van der Waals surface area contributed by atoms with Gasteiger partial charge in [0.2, 0.25) is 0 Å². The van der Waals surface area contributed by atoms with Crippen molar-refractivity contribution < 1.29 is 34.4 Å². The molecule has 0 amide bonds. The van der Waals surface area contributed by atoms with Gasteiger partial charge in [-0.2, -0.15) is 0 Å². The van der Waals surface area contributed by atoms with Crippen molar-refractivity contribution in [1.82, 2.24) is 0 Å². The molecular weight excluding hydrogens is 344 g/mol. The highest BCUT2D eigenvalue weighted by Crippen LogP contribution is 2.22. The summed E-state index contributed by atoms with van der Waals surface area (Å²) in [7, 11) is 0. The quantitative estimate of drug-likeness (QED) is 0.317. The van der Waals surface area contributed by atoms with Crippen molar-refractivity contribution in [3.05, 3.63) is 0 Å². The zero-order valence-corrected chi connectivity index (χ0v) is 15.7. The summed E-state index contributed by atoms with van der Waals surface area (Å²) in [6, 6.07) is -1.81. The van der Waals surface area contributed by atoms with E-state index in [1.54, 1.807) is 13.8 Å². The highest BCUT2D eigenvalue weighted by atomic mass is 16.6. The van der Waals surface area contributed by atoms with Gasteiger partial charge in [0.15, 0.2) is 12.1 Å². The van der Waals surface area contributed by atoms with Gasteiger partial charge >= 0.3 is 5.97 Å². The van der Waals surface area contributed by atoms with E-state index in [2.05, 4.69) is 0 Å². The molecular formula is C17H32N2O7. The van der Waals surface area contributed by atoms with E-state index in [0.29, 0.717) is 0 Å². The fourth-order valence-electron chi connectivity index (χ4n) is 2.69. The van der Waals surface area contributed by atoms with Crippen LogP contribution in [-0.2, 0) is 19.1 Å². The summed E-state index contributed by atoms with van der Waals surface area (Å²) < 4.78 is 10.2. The summed E-state index contributed by atoms with van der Waals surface area (Å²) in [5.74, 6) is -1.73. The number of hydrogen-bond donors (Lipinski definition) is 5. The van der Waals surface area contributed by atoms with Crippen LogP contribution in [0.25, 0.3) is 0 Å². The van der Waals surface area contributed by atoms with Gasteiger partial charge in [0.1, 0.15) is 24.9 Å². The SMILES string of the molecule is CC(C)C(N)C(=O)CC(C(=O)OCC1OC(O)C(N)C(O)C1O)C(C)C. The first-order valence-corrected chi connectivity index (χ1v) is 8.87. The first kappa shape index (κ1) is 22.9. The number of ketones is 1. The van der Waals surface area contributed by atoms with Crippen molar-refractivity contribution in [2.75, 3.05) is 6.61 Å². The number of rotatable bonds is 8. The number of esters is 1. The van der Waals surface area contributed by atoms with Crippen LogP contribution in [0.2, 0.25) is 0 Å². The molecule has 7 unspecified atom stereocenters. The van der Waals surface area contributed by atoms with E-state index in [1.807, 2.05) is 13.8 Å². The summed E-state index contributed by atoms with van der Waals surface area (Å²) in [5, 5.41) is 29.3. The van der Waals surface area contributed by atoms with Gasteiger partial charge in [0.25, 0.3) is 0 Å². The van der Waals surface area contributed by atoms with Crippen LogP contribution < -0.4 is 11.5 Å². The zero-order valence-electron chi connectivity index (χ0n) is 15.7. The third kappa shape index (κ3) is 5.70. The normalized spacial score (nSPS) is 31.7. The Bertz CT molecular complexity index is 486. The van der Waals surface area contributed by atoms with E-state index in [4.69, 9.17) is 20.9 Å². The first-order valence-electron chi connectivity index (χ1n) is 8.87. The van der Waals surface area contributed by atoms with Crippen molar-refractivity contribution in [1.29, 1.82) is 0 Å². The molecule has 9 nitrogen and oxygen atoms in total. The number of ether oxygens (including phenoxy) is 2. The molecule has 0 saturated carbocycles. The lowest BCUT2D eigenvalue weighted by Crippen LogP contribution is -2.62. The molecule has 0 spiro atoms. The van der Waals surface area contributed by atoms with E-state index < -0.39 is 48.6 Å². The lowest BCUT2D eigenvalue weighted by Gasteiger charge is -2.38. The van der Waals surface area contributed by atoms with Gasteiger partial charge in [-0.3, -0.25) is 9.59 Å². The molecule has 0 aliphatic carbocycles. The van der Waals surface area contributed by atoms with Crippen LogP contribution in [0, 0.1) is 17.8 Å². The molecule has 0 bridgehead atoms. The molecule has 0 radical (unpaired) electrons. The minimum Gasteiger partial charge on any atom is -0.463 e. The zero-order chi connectivity index (χ0) is 20.2. The Hall–Kier alpha value is -1.10. The van der Waals surface area contributed by atoms with Crippen LogP contribution in [0.3, 0.4) is 0 Å². The average molecular weight is 376 g/mol. The Morgan fingerprint density at radius 1 is 1.08 bits per heavy atom. The highest BCUT2D eigenvalue weighted by molar-refractivity contribution is 5.88. The summed E-state index contributed by atoms with van der Waals surface area (Å²) in [6.07, 6.45) is -5.46. The maximum absolute atomic E-state index is 12.4. The Morgan fingerprint density at radius 2 is 1.65 bits per heavy atom. The second kappa shape index (κ2) is 9.72. The number of carbonyl (C=O) groups excluding carboxylic acids is 2. The predicted octanol–water partition coefficient (Wildman–Crippen LogP) is -1.49. The number of aliphatic hydroxyl groups excluding tert-OH is 3. The van der Waals surface area contributed by atoms with Crippen molar-refractivity contribution >= 4 is 11.8 Å². The van der Waals surface area contributed by atoms with Crippen LogP contribution in [0.5, 0.6) is 0 Å². The molecule has 1 rings (SSSR count). The summed E-state index contributed by atoms with van der Waals surface area (Å²) in [5.41, 5.74) is 11.3. The van der Waals surface area contributed by atoms with Gasteiger partial charge in [-0.1, -0.05) is 27.7 Å². The van der Waals surface area contributed by atoms with Gasteiger partial charge < -0.3 is 36.3 Å². The van der Waals surface area contributed by atoms with E-state index in [1.165, 1.54) is 0 Å². The molecule has 1 heterocycles. The van der Waals surface area contributed by atoms with Gasteiger partial charge in [0, 0.05) is 6.42 Å². The molecule has 7 atom stereocenters. The molecule has 0 aromatic rings. The fourth-order valence-corrected chi connectivity index (χ4v) is 2.69. The van der Waals surface area contributed by atoms with Gasteiger partial charge in [-0.15, -0.1) is 0 Å². The van der Waals surface area contributed by atoms with E-state index >= 15 is 0 Å². The lowest BCUT2D eigenvalue weighted by atomic mass is 9.87. The van der Waals surface area contributed by atoms with Crippen LogP contribution >= 0.6 is 0 Å². The molecule has 1 fully saturated rings. The lowest BCUT2D eigenvalue weighted by molar-refractivity contribution is -0.251. The third-order valence-corrected chi connectivity index (χ3v) is 4.78. The Kier molecular flexibility index (Phi) is 8.58. The Labute approximate surface area is 153 Å². The molecule has 26 heavy (non-hydrogen) atoms. The minimum absolute atomic E-state index is 0.0377. The molecule has 152 valence electrons. The summed E-state index contributed by atoms with van der Waals surface area (Å²) in [4.78, 5) is 24.6. The largest absolute Gasteiger partial charge is 0.463 e. The van der Waals surface area contributed by atoms with Crippen molar-refractivity contribution in [2.45, 2.75) is 70.8 Å². The van der Waals surface area contributed by atoms with E-state index in [0.717, 1.165) is 0 Å². The maximum Gasteiger partial charge on any atom is 0.309 e. The number of hydrogen-bond acceptors (Lipinski definition) is 9. The monoisotopic (exact) mass is 376 g/mol. The highest BCUT2D eigenvalue weighted by Gasteiger charge is 2.42. The molecule has 1 saturated heterocycles. The topological polar surface area (TPSA) is 165 Å². The molecule has 1 aliphatic heterocycles. The second-order valence-corrected chi connectivity index (χ2v) is 7.54. The number of Topliss-reactive ketones (excluding diaryl/α,β-unsaturated/α-hetero) is 1. The second-order valence-electron chi connectivity index (χ2n) is 7.54. The molecule has 7 N–H and O–H groups in total. The minimum atomic E-state index is -1.48. The standard InChI is InChI=1S/C17H32N2O7/c1-7(2)9(5-10(20)12(18)8(3)4)16(23)25-6-11-14(21)15(22)13(19)17(24)26-11/h7-9,11-15,17,21-22,24H,5-6,18-19H2,1-4H3. The number of aliphatic hydroxyl groups is 3. The van der Waals surface area contributed by atoms with E-state index in [9.17, 15) is 24.9 Å². The Balaban J connectivity index is 2.66. The summed E-state index contributed by atoms with van der Waals surface area (Å²) >= 11 is 0. The third-order valence-electron chi connectivity index (χ3n) is 4.78. The number of carbonyl (C=O) groups is 2. The van der Waals surface area contributed by atoms with Gasteiger partial charge in [0.05, 0.1) is 18.0 Å². The van der Waals surface area contributed by atoms with Crippen LogP contribution in [0.4, 0.5) is 0 Å². The van der Waals surface area contributed by atoms with Gasteiger partial charge in [-0.05, 0) is 11.8 Å². The summed E-state index contributed by atoms with van der Waals surface area (Å²) in [6.45, 7) is 6.86. The smallest absolute Gasteiger partial charge is 0.309 e. The molecule has 0 aromatic heterocycles. The fraction of sp³-hybridized carbons (Fsp3) is 0.882. The van der Waals surface area contributed by atoms with Crippen molar-refractivity contribution in [3.63, 3.8) is 0 Å². The maximum atomic E-state index is 12.4. The van der Waals surface area contributed by atoms with Crippen molar-refractivity contribution in [2.24, 2.45) is 29.2 Å². The Morgan fingerprint density at radius 3 is 2.15 bits per heavy atom. The molecule has 9 heteroatoms. The van der Waals surface area contributed by atoms with Crippen molar-refractivity contribution in [3.8, 4) is 0 Å². The molecule has 0 aromatic carbocycles. The average Bonchev–Trinajstić information content (AvgIpc) is 2.58. The van der Waals surface area contributed by atoms with E-state index in [-0.39, 0.29) is 30.6 Å².